The van der Waals surface area contributed by atoms with Crippen molar-refractivity contribution in [2.24, 2.45) is 0 Å². The molecule has 3 rings (SSSR count). The zero-order valence-electron chi connectivity index (χ0n) is 12.1. The van der Waals surface area contributed by atoms with Gasteiger partial charge in [0.15, 0.2) is 0 Å². The van der Waals surface area contributed by atoms with Crippen LogP contribution in [0.15, 0.2) is 85.0 Å². The molecule has 1 nitrogen and oxygen atoms in total. The summed E-state index contributed by atoms with van der Waals surface area (Å²) in [5.74, 6) is 0. The van der Waals surface area contributed by atoms with Crippen molar-refractivity contribution in [3.63, 3.8) is 0 Å². The van der Waals surface area contributed by atoms with Crippen LogP contribution in [0.3, 0.4) is 0 Å². The average molecular weight is 324 g/mol. The molecule has 0 amide bonds. The van der Waals surface area contributed by atoms with Gasteiger partial charge in [-0.1, -0.05) is 102 Å². The highest BCUT2D eigenvalue weighted by molar-refractivity contribution is 7.54. The minimum Gasteiger partial charge on any atom is -0.302 e. The quantitative estimate of drug-likeness (QED) is 0.608. The van der Waals surface area contributed by atoms with Crippen LogP contribution in [-0.2, 0) is 4.79 Å². The highest BCUT2D eigenvalue weighted by Gasteiger charge is 2.36. The third-order valence-electron chi connectivity index (χ3n) is 3.73. The number of hydrogen-bond acceptors (Lipinski definition) is 1. The molecule has 0 aliphatic heterocycles. The molecule has 4 atom stereocenters. The highest BCUT2D eigenvalue weighted by Crippen LogP contribution is 2.44. The molecule has 2 aromatic rings. The number of hydrogen-bond donors (Lipinski definition) is 0. The van der Waals surface area contributed by atoms with Gasteiger partial charge in [-0.15, -0.1) is 0 Å². The smallest absolute Gasteiger partial charge is 0.135 e. The first-order valence-corrected chi connectivity index (χ1v) is 9.37. The summed E-state index contributed by atoms with van der Waals surface area (Å²) in [5.41, 5.74) is 0.232. The van der Waals surface area contributed by atoms with Gasteiger partial charge < -0.3 is 4.79 Å². The second-order valence-electron chi connectivity index (χ2n) is 5.27. The number of allylic oxidation sites excluding steroid dienone is 4. The van der Waals surface area contributed by atoms with Crippen molar-refractivity contribution in [3.05, 3.63) is 85.0 Å². The van der Waals surface area contributed by atoms with Crippen LogP contribution < -0.4 is 10.6 Å². The van der Waals surface area contributed by atoms with Crippen molar-refractivity contribution in [3.8, 4) is 0 Å². The SMILES string of the molecule is O=C[C@@]1(Pc2ccccc2)C=CC=C[C@@H]1Pc1ccccc1. The summed E-state index contributed by atoms with van der Waals surface area (Å²) in [6.07, 6.45) is 9.51. The molecule has 0 radical (unpaired) electrons. The molecule has 0 bridgehead atoms. The van der Waals surface area contributed by atoms with E-state index in [0.29, 0.717) is 17.2 Å². The topological polar surface area (TPSA) is 17.1 Å². The maximum absolute atomic E-state index is 12.0. The molecule has 0 aromatic heterocycles. The fraction of sp³-hybridized carbons (Fsp3) is 0.105. The average Bonchev–Trinajstić information content (AvgIpc) is 2.58. The molecule has 110 valence electrons. The Labute approximate surface area is 135 Å². The summed E-state index contributed by atoms with van der Waals surface area (Å²) >= 11 is 0. The summed E-state index contributed by atoms with van der Waals surface area (Å²) in [6.45, 7) is 0. The molecule has 0 saturated carbocycles. The molecule has 0 saturated heterocycles. The van der Waals surface area contributed by atoms with Gasteiger partial charge in [0.1, 0.15) is 6.29 Å². The first-order valence-electron chi connectivity index (χ1n) is 7.30. The second-order valence-corrected chi connectivity index (χ2v) is 8.46. The maximum atomic E-state index is 12.0. The Bertz CT molecular complexity index is 679. The molecule has 2 aromatic carbocycles. The predicted molar refractivity (Wildman–Crippen MR) is 99.6 cm³/mol. The van der Waals surface area contributed by atoms with Gasteiger partial charge >= 0.3 is 0 Å². The minimum absolute atomic E-state index is 0.232. The molecular weight excluding hydrogens is 306 g/mol. The summed E-state index contributed by atoms with van der Waals surface area (Å²) in [4.78, 5) is 12.0. The van der Waals surface area contributed by atoms with E-state index in [4.69, 9.17) is 0 Å². The molecule has 2 unspecified atom stereocenters. The van der Waals surface area contributed by atoms with Crippen molar-refractivity contribution in [2.75, 3.05) is 0 Å². The van der Waals surface area contributed by atoms with Gasteiger partial charge in [0.2, 0.25) is 0 Å². The van der Waals surface area contributed by atoms with Gasteiger partial charge in [0.05, 0.1) is 5.16 Å². The number of carbonyl (C=O) groups is 1. The summed E-state index contributed by atoms with van der Waals surface area (Å²) < 4.78 is 0. The predicted octanol–water partition coefficient (Wildman–Crippen LogP) is 3.43. The first kappa shape index (κ1) is 15.3. The number of benzene rings is 2. The highest BCUT2D eigenvalue weighted by atomic mass is 31.1. The van der Waals surface area contributed by atoms with Gasteiger partial charge in [-0.2, -0.15) is 0 Å². The Morgan fingerprint density at radius 3 is 2.14 bits per heavy atom. The minimum atomic E-state index is -0.412. The van der Waals surface area contributed by atoms with E-state index in [1.54, 1.807) is 0 Å². The zero-order valence-corrected chi connectivity index (χ0v) is 14.1. The van der Waals surface area contributed by atoms with Crippen molar-refractivity contribution >= 4 is 34.1 Å². The number of rotatable bonds is 5. The fourth-order valence-corrected chi connectivity index (χ4v) is 5.70. The molecule has 0 N–H and O–H groups in total. The molecule has 22 heavy (non-hydrogen) atoms. The van der Waals surface area contributed by atoms with Crippen LogP contribution >= 0.6 is 17.2 Å². The molecule has 0 heterocycles. The van der Waals surface area contributed by atoms with Crippen molar-refractivity contribution < 1.29 is 4.79 Å². The molecule has 0 spiro atoms. The van der Waals surface area contributed by atoms with Gasteiger partial charge in [-0.3, -0.25) is 0 Å². The maximum Gasteiger partial charge on any atom is 0.135 e. The molecular formula is C19H18OP2. The van der Waals surface area contributed by atoms with Crippen LogP contribution in [-0.4, -0.2) is 17.1 Å². The van der Waals surface area contributed by atoms with Crippen molar-refractivity contribution in [2.45, 2.75) is 10.8 Å². The lowest BCUT2D eigenvalue weighted by molar-refractivity contribution is -0.108. The largest absolute Gasteiger partial charge is 0.302 e. The Kier molecular flexibility index (Phi) is 4.98. The van der Waals surface area contributed by atoms with Crippen LogP contribution in [0.5, 0.6) is 0 Å². The zero-order chi connectivity index (χ0) is 15.3. The first-order chi connectivity index (χ1) is 10.8. The standard InChI is InChI=1S/C19H18OP2/c20-15-19(22-17-11-5-2-6-12-17)14-8-7-13-18(19)21-16-9-3-1-4-10-16/h1-15,18,21-22H/t18-,19-/m0/s1. The van der Waals surface area contributed by atoms with E-state index in [-0.39, 0.29) is 5.66 Å². The van der Waals surface area contributed by atoms with Crippen molar-refractivity contribution in [1.82, 2.24) is 0 Å². The van der Waals surface area contributed by atoms with E-state index in [2.05, 4.69) is 54.6 Å². The van der Waals surface area contributed by atoms with Crippen LogP contribution in [0.25, 0.3) is 0 Å². The Morgan fingerprint density at radius 1 is 0.864 bits per heavy atom. The third-order valence-corrected chi connectivity index (χ3v) is 7.31. The molecule has 1 aliphatic carbocycles. The lowest BCUT2D eigenvalue weighted by Crippen LogP contribution is -2.37. The summed E-state index contributed by atoms with van der Waals surface area (Å²) in [6, 6.07) is 20.8. The second kappa shape index (κ2) is 7.14. The van der Waals surface area contributed by atoms with Crippen molar-refractivity contribution in [1.29, 1.82) is 0 Å². The van der Waals surface area contributed by atoms with Gasteiger partial charge in [-0.25, -0.2) is 0 Å². The normalized spacial score (nSPS) is 24.5. The van der Waals surface area contributed by atoms with Crippen LogP contribution in [0, 0.1) is 0 Å². The van der Waals surface area contributed by atoms with E-state index in [1.165, 1.54) is 10.6 Å². The number of carbonyl (C=O) groups excluding carboxylic acids is 1. The van der Waals surface area contributed by atoms with Gasteiger partial charge in [0.25, 0.3) is 0 Å². The lowest BCUT2D eigenvalue weighted by atomic mass is 10.0. The van der Waals surface area contributed by atoms with Gasteiger partial charge in [0, 0.05) is 5.66 Å². The fourth-order valence-electron chi connectivity index (χ4n) is 2.57. The molecule has 0 fully saturated rings. The monoisotopic (exact) mass is 324 g/mol. The number of aldehydes is 1. The van der Waals surface area contributed by atoms with Crippen LogP contribution in [0.2, 0.25) is 0 Å². The van der Waals surface area contributed by atoms with Crippen LogP contribution in [0.4, 0.5) is 0 Å². The molecule has 1 aliphatic rings. The Morgan fingerprint density at radius 2 is 1.50 bits per heavy atom. The van der Waals surface area contributed by atoms with E-state index in [0.717, 1.165) is 6.29 Å². The Balaban J connectivity index is 1.88. The van der Waals surface area contributed by atoms with E-state index in [9.17, 15) is 4.79 Å². The van der Waals surface area contributed by atoms with Gasteiger partial charge in [-0.05, 0) is 10.6 Å². The summed E-state index contributed by atoms with van der Waals surface area (Å²) in [5, 5.41) is 2.12. The molecule has 3 heteroatoms. The Hall–Kier alpha value is -1.55. The summed E-state index contributed by atoms with van der Waals surface area (Å²) in [7, 11) is 1.06. The van der Waals surface area contributed by atoms with E-state index in [1.807, 2.05) is 30.3 Å². The lowest BCUT2D eigenvalue weighted by Gasteiger charge is -2.34. The van der Waals surface area contributed by atoms with E-state index < -0.39 is 5.16 Å². The van der Waals surface area contributed by atoms with E-state index >= 15 is 0 Å². The third kappa shape index (κ3) is 3.43. The van der Waals surface area contributed by atoms with Crippen LogP contribution in [0.1, 0.15) is 0 Å².